The Hall–Kier alpha value is -5.02. The summed E-state index contributed by atoms with van der Waals surface area (Å²) < 4.78 is 110. The number of nitrogen functional groups attached to an aromatic ring is 1. The predicted molar refractivity (Wildman–Crippen MR) is 147 cm³/mol. The predicted octanol–water partition coefficient (Wildman–Crippen LogP) is 6.35. The molecule has 45 heavy (non-hydrogen) atoms. The molecule has 2 aromatic carbocycles. The van der Waals surface area contributed by atoms with Crippen LogP contribution in [-0.2, 0) is 17.4 Å². The summed E-state index contributed by atoms with van der Waals surface area (Å²) in [6, 6.07) is 4.14. The number of aromatic nitrogens is 2. The van der Waals surface area contributed by atoms with Gasteiger partial charge in [-0.2, -0.15) is 26.3 Å². The first-order valence-electron chi connectivity index (χ1n) is 13.1. The van der Waals surface area contributed by atoms with Crippen molar-refractivity contribution in [2.45, 2.75) is 44.2 Å². The molecule has 0 bridgehead atoms. The topological polar surface area (TPSA) is 130 Å². The summed E-state index contributed by atoms with van der Waals surface area (Å²) in [4.78, 5) is 32.9. The molecule has 1 amide bonds. The quantitative estimate of drug-likeness (QED) is 0.157. The molecule has 0 aliphatic carbocycles. The van der Waals surface area contributed by atoms with Crippen LogP contribution in [0.4, 0.5) is 46.6 Å². The number of pyridine rings is 2. The number of benzene rings is 2. The van der Waals surface area contributed by atoms with Crippen molar-refractivity contribution in [3.05, 3.63) is 83.1 Å². The number of carboxylic acid groups (broad SMARTS) is 1. The van der Waals surface area contributed by atoms with E-state index < -0.39 is 83.3 Å². The van der Waals surface area contributed by atoms with E-state index in [-0.39, 0.29) is 27.8 Å². The van der Waals surface area contributed by atoms with E-state index in [1.54, 1.807) is 0 Å². The molecule has 2 aromatic heterocycles. The van der Waals surface area contributed by atoms with E-state index in [1.165, 1.54) is 37.4 Å². The Kier molecular flexibility index (Phi) is 9.16. The minimum atomic E-state index is -4.80. The summed E-state index contributed by atoms with van der Waals surface area (Å²) in [5.74, 6) is -6.44. The molecule has 0 spiro atoms. The molecule has 4 rings (SSSR count). The Balaban J connectivity index is 1.66. The number of nitrogens with zero attached hydrogens (tertiary/aromatic N) is 2. The first kappa shape index (κ1) is 32.9. The smallest absolute Gasteiger partial charge is 0.418 e. The number of hydrogen-bond acceptors (Lipinski definition) is 6. The maximum atomic E-state index is 14.8. The number of carboxylic acids is 1. The van der Waals surface area contributed by atoms with Crippen LogP contribution in [0.5, 0.6) is 0 Å². The van der Waals surface area contributed by atoms with Crippen LogP contribution >= 0.6 is 0 Å². The van der Waals surface area contributed by atoms with E-state index in [0.717, 1.165) is 12.1 Å². The molecule has 0 saturated heterocycles. The third kappa shape index (κ3) is 7.21. The Morgan fingerprint density at radius 1 is 1.00 bits per heavy atom. The second-order valence-corrected chi connectivity index (χ2v) is 9.83. The second kappa shape index (κ2) is 12.5. The number of nitrogens with two attached hydrogens (primary N) is 1. The second-order valence-electron chi connectivity index (χ2n) is 9.83. The largest absolute Gasteiger partial charge is 0.480 e. The van der Waals surface area contributed by atoms with Gasteiger partial charge in [-0.1, -0.05) is 25.1 Å². The van der Waals surface area contributed by atoms with Crippen LogP contribution in [0.25, 0.3) is 22.2 Å². The normalized spacial score (nSPS) is 13.4. The lowest BCUT2D eigenvalue weighted by Crippen LogP contribution is -2.43. The fraction of sp³-hybridized carbons (Fsp3) is 0.241. The van der Waals surface area contributed by atoms with Gasteiger partial charge in [0.15, 0.2) is 0 Å². The van der Waals surface area contributed by atoms with E-state index in [9.17, 15) is 49.8 Å². The molecule has 0 aliphatic rings. The van der Waals surface area contributed by atoms with Crippen LogP contribution in [0.15, 0.2) is 54.7 Å². The Bertz CT molecular complexity index is 1740. The molecule has 238 valence electrons. The van der Waals surface area contributed by atoms with Crippen LogP contribution in [-0.4, -0.2) is 45.2 Å². The van der Waals surface area contributed by atoms with Crippen LogP contribution in [0.2, 0.25) is 0 Å². The molecule has 0 aliphatic heterocycles. The third-order valence-electron chi connectivity index (χ3n) is 6.78. The van der Waals surface area contributed by atoms with E-state index in [2.05, 4.69) is 9.97 Å². The number of amides is 1. The molecule has 4 aromatic rings. The number of rotatable bonds is 9. The number of halogens is 8. The van der Waals surface area contributed by atoms with E-state index in [1.807, 2.05) is 10.6 Å². The van der Waals surface area contributed by atoms with Crippen LogP contribution < -0.4 is 16.4 Å². The van der Waals surface area contributed by atoms with Gasteiger partial charge in [0.2, 0.25) is 0 Å². The first-order valence-corrected chi connectivity index (χ1v) is 13.1. The molecule has 0 unspecified atom stereocenters. The average molecular weight is 642 g/mol. The van der Waals surface area contributed by atoms with Gasteiger partial charge in [-0.05, 0) is 42.3 Å². The van der Waals surface area contributed by atoms with E-state index >= 15 is 0 Å². The summed E-state index contributed by atoms with van der Waals surface area (Å²) in [6.45, 7) is 1.20. The summed E-state index contributed by atoms with van der Waals surface area (Å²) >= 11 is 0. The van der Waals surface area contributed by atoms with Crippen molar-refractivity contribution in [2.24, 2.45) is 0 Å². The molecule has 16 heteroatoms. The van der Waals surface area contributed by atoms with Crippen LogP contribution in [0, 0.1) is 11.6 Å². The van der Waals surface area contributed by atoms with Gasteiger partial charge in [0, 0.05) is 29.3 Å². The number of hydrogen-bond donors (Lipinski definition) is 4. The third-order valence-corrected chi connectivity index (χ3v) is 6.78. The standard InChI is InChI=1S/C29H23F8N5O3/c1-2-21(29(35,36)37)40-14-11-18(30)23(19(31)12-14)26(43)41-20(27(44)45)10-13-5-6-16(24-15(13)4-3-9-39-24)25-17(28(32,33)34)7-8-22(38)42-25/h3-9,11-12,20-21,40H,2,10H2,1H3,(H2,38,42)(H,41,43)(H,44,45)/t20-,21+/m0/s1. The van der Waals surface area contributed by atoms with Gasteiger partial charge < -0.3 is 21.5 Å². The maximum Gasteiger partial charge on any atom is 0.418 e. The number of carbonyl (C=O) groups excluding carboxylic acids is 1. The number of alkyl halides is 6. The molecular weight excluding hydrogens is 618 g/mol. The van der Waals surface area contributed by atoms with Gasteiger partial charge in [-0.15, -0.1) is 0 Å². The first-order chi connectivity index (χ1) is 21.0. The van der Waals surface area contributed by atoms with Gasteiger partial charge in [-0.25, -0.2) is 18.6 Å². The Morgan fingerprint density at radius 2 is 1.67 bits per heavy atom. The van der Waals surface area contributed by atoms with Crippen molar-refractivity contribution < 1.29 is 49.8 Å². The molecule has 2 heterocycles. The van der Waals surface area contributed by atoms with Crippen molar-refractivity contribution in [1.82, 2.24) is 15.3 Å². The molecule has 0 fully saturated rings. The summed E-state index contributed by atoms with van der Waals surface area (Å²) in [6.07, 6.45) is -9.21. The average Bonchev–Trinajstić information content (AvgIpc) is 2.94. The highest BCUT2D eigenvalue weighted by Gasteiger charge is 2.39. The highest BCUT2D eigenvalue weighted by atomic mass is 19.4. The van der Waals surface area contributed by atoms with Crippen molar-refractivity contribution >= 4 is 34.3 Å². The highest BCUT2D eigenvalue weighted by Crippen LogP contribution is 2.39. The van der Waals surface area contributed by atoms with E-state index in [4.69, 9.17) is 5.73 Å². The fourth-order valence-corrected chi connectivity index (χ4v) is 4.65. The van der Waals surface area contributed by atoms with Crippen LogP contribution in [0.1, 0.15) is 34.8 Å². The van der Waals surface area contributed by atoms with Crippen LogP contribution in [0.3, 0.4) is 0 Å². The minimum Gasteiger partial charge on any atom is -0.480 e. The molecule has 2 atom stereocenters. The lowest BCUT2D eigenvalue weighted by atomic mass is 9.95. The summed E-state index contributed by atoms with van der Waals surface area (Å²) in [7, 11) is 0. The number of fused-ring (bicyclic) bond motifs is 1. The minimum absolute atomic E-state index is 0.00140. The zero-order valence-corrected chi connectivity index (χ0v) is 23.0. The van der Waals surface area contributed by atoms with Crippen molar-refractivity contribution in [3.63, 3.8) is 0 Å². The number of aliphatic carboxylic acids is 1. The maximum absolute atomic E-state index is 14.8. The lowest BCUT2D eigenvalue weighted by molar-refractivity contribution is -0.143. The van der Waals surface area contributed by atoms with Crippen molar-refractivity contribution in [3.8, 4) is 11.3 Å². The van der Waals surface area contributed by atoms with Gasteiger partial charge in [0.05, 0.1) is 16.8 Å². The SMILES string of the molecule is CC[C@@H](Nc1cc(F)c(C(=O)N[C@@H](Cc2ccc(-c3nc(N)ccc3C(F)(F)F)c3ncccc23)C(=O)O)c(F)c1)C(F)(F)F. The molecule has 5 N–H and O–H groups in total. The monoisotopic (exact) mass is 641 g/mol. The summed E-state index contributed by atoms with van der Waals surface area (Å²) in [5, 5.41) is 13.9. The molecule has 8 nitrogen and oxygen atoms in total. The number of carbonyl (C=O) groups is 2. The zero-order chi connectivity index (χ0) is 33.3. The van der Waals surface area contributed by atoms with Crippen molar-refractivity contribution in [1.29, 1.82) is 0 Å². The molecular formula is C29H23F8N5O3. The number of nitrogens with one attached hydrogen (secondary N) is 2. The van der Waals surface area contributed by atoms with Gasteiger partial charge >= 0.3 is 18.3 Å². The fourth-order valence-electron chi connectivity index (χ4n) is 4.65. The van der Waals surface area contributed by atoms with E-state index in [0.29, 0.717) is 12.1 Å². The number of anilines is 2. The lowest BCUT2D eigenvalue weighted by Gasteiger charge is -2.22. The van der Waals surface area contributed by atoms with Gasteiger partial charge in [0.1, 0.15) is 35.1 Å². The Morgan fingerprint density at radius 3 is 2.24 bits per heavy atom. The summed E-state index contributed by atoms with van der Waals surface area (Å²) in [5.41, 5.74) is 2.31. The highest BCUT2D eigenvalue weighted by molar-refractivity contribution is 5.98. The Labute approximate surface area is 249 Å². The van der Waals surface area contributed by atoms with Crippen molar-refractivity contribution in [2.75, 3.05) is 11.1 Å². The molecule has 0 radical (unpaired) electrons. The van der Waals surface area contributed by atoms with Gasteiger partial charge in [-0.3, -0.25) is 9.78 Å². The van der Waals surface area contributed by atoms with Gasteiger partial charge in [0.25, 0.3) is 5.91 Å². The zero-order valence-electron chi connectivity index (χ0n) is 23.0. The molecule has 0 saturated carbocycles.